The van der Waals surface area contributed by atoms with Crippen LogP contribution in [0.15, 0.2) is 30.3 Å². The second-order valence-corrected chi connectivity index (χ2v) is 5.27. The zero-order valence-corrected chi connectivity index (χ0v) is 10.9. The van der Waals surface area contributed by atoms with E-state index in [1.54, 1.807) is 10.8 Å². The monoisotopic (exact) mass is 242 g/mol. The molecule has 15 heavy (non-hydrogen) atoms. The molecule has 0 saturated heterocycles. The van der Waals surface area contributed by atoms with Gasteiger partial charge in [0.05, 0.1) is 0 Å². The largest absolute Gasteiger partial charge is 0.290 e. The molecule has 0 heterocycles. The molecule has 1 aromatic carbocycles. The van der Waals surface area contributed by atoms with E-state index in [2.05, 4.69) is 26.0 Å². The lowest BCUT2D eigenvalue weighted by atomic mass is 10.2. The van der Waals surface area contributed by atoms with Gasteiger partial charge in [0, 0.05) is 5.75 Å². The maximum Gasteiger partial charge on any atom is 0.186 e. The first-order valence-corrected chi connectivity index (χ1v) is 7.49. The molecule has 0 radical (unpaired) electrons. The van der Waals surface area contributed by atoms with E-state index in [1.165, 1.54) is 22.8 Å². The van der Waals surface area contributed by atoms with Crippen LogP contribution in [0.4, 0.5) is 0 Å². The lowest BCUT2D eigenvalue weighted by Gasteiger charge is -1.97. The van der Waals surface area contributed by atoms with E-state index in [-0.39, 0.29) is 0 Å². The van der Waals surface area contributed by atoms with Gasteiger partial charge < -0.3 is 0 Å². The highest BCUT2D eigenvalue weighted by Gasteiger charge is 1.91. The van der Waals surface area contributed by atoms with E-state index in [1.807, 2.05) is 18.2 Å². The second kappa shape index (κ2) is 11.7. The maximum atomic E-state index is 9.96. The van der Waals surface area contributed by atoms with Crippen molar-refractivity contribution in [3.05, 3.63) is 35.9 Å². The Kier molecular flexibility index (Phi) is 11.3. The Bertz CT molecular complexity index is 237. The van der Waals surface area contributed by atoms with E-state index in [4.69, 9.17) is 0 Å². The number of carbonyl (C=O) groups is 1. The third-order valence-corrected chi connectivity index (χ3v) is 3.15. The summed E-state index contributed by atoms with van der Waals surface area (Å²) in [6.45, 7) is 4.25. The standard InChI is InChI=1S/C9H10OS2.C3H8/c10-8-12-11-7-6-9-4-2-1-3-5-9;1-3-2/h1-5,8H,6-7H2;3H2,1-2H3. The van der Waals surface area contributed by atoms with Crippen molar-refractivity contribution in [2.45, 2.75) is 26.7 Å². The first kappa shape index (κ1) is 14.6. The zero-order chi connectivity index (χ0) is 11.4. The van der Waals surface area contributed by atoms with Crippen molar-refractivity contribution < 1.29 is 4.79 Å². The van der Waals surface area contributed by atoms with Crippen molar-refractivity contribution in [2.75, 3.05) is 5.75 Å². The number of hydrogen-bond acceptors (Lipinski definition) is 3. The van der Waals surface area contributed by atoms with Crippen LogP contribution in [0, 0.1) is 0 Å². The van der Waals surface area contributed by atoms with E-state index < -0.39 is 0 Å². The number of carbonyl (C=O) groups excluding carboxylic acids is 1. The van der Waals surface area contributed by atoms with Crippen LogP contribution in [0.3, 0.4) is 0 Å². The summed E-state index contributed by atoms with van der Waals surface area (Å²) in [6.07, 6.45) is 2.28. The van der Waals surface area contributed by atoms with E-state index in [0.717, 1.165) is 17.8 Å². The fraction of sp³-hybridized carbons (Fsp3) is 0.417. The molecule has 0 unspecified atom stereocenters. The molecule has 1 rings (SSSR count). The van der Waals surface area contributed by atoms with Crippen molar-refractivity contribution in [3.63, 3.8) is 0 Å². The lowest BCUT2D eigenvalue weighted by molar-refractivity contribution is 0.570. The van der Waals surface area contributed by atoms with Crippen molar-refractivity contribution in [2.24, 2.45) is 0 Å². The second-order valence-electron chi connectivity index (χ2n) is 2.96. The highest BCUT2D eigenvalue weighted by molar-refractivity contribution is 8.81. The quantitative estimate of drug-likeness (QED) is 0.437. The van der Waals surface area contributed by atoms with Gasteiger partial charge in [0.1, 0.15) is 0 Å². The van der Waals surface area contributed by atoms with Gasteiger partial charge in [0.2, 0.25) is 0 Å². The zero-order valence-electron chi connectivity index (χ0n) is 9.31. The fourth-order valence-electron chi connectivity index (χ4n) is 0.880. The van der Waals surface area contributed by atoms with Gasteiger partial charge in [-0.05, 0) is 22.8 Å². The minimum atomic E-state index is 0.871. The summed E-state index contributed by atoms with van der Waals surface area (Å²) in [7, 11) is 2.86. The van der Waals surface area contributed by atoms with Crippen LogP contribution < -0.4 is 0 Å². The number of rotatable bonds is 5. The summed E-state index contributed by atoms with van der Waals surface area (Å²) in [5.74, 6) is 0.993. The Morgan fingerprint density at radius 1 is 1.20 bits per heavy atom. The molecule has 0 aliphatic heterocycles. The van der Waals surface area contributed by atoms with Crippen LogP contribution in [0.1, 0.15) is 25.8 Å². The summed E-state index contributed by atoms with van der Waals surface area (Å²) in [5.41, 5.74) is 2.20. The van der Waals surface area contributed by atoms with Gasteiger partial charge in [-0.1, -0.05) is 61.4 Å². The normalized spacial score (nSPS) is 8.93. The molecule has 0 aliphatic carbocycles. The first-order valence-electron chi connectivity index (χ1n) is 5.11. The molecule has 0 atom stereocenters. The summed E-state index contributed by atoms with van der Waals surface area (Å²) in [6, 6.07) is 10.3. The van der Waals surface area contributed by atoms with Gasteiger partial charge in [-0.25, -0.2) is 0 Å². The smallest absolute Gasteiger partial charge is 0.186 e. The lowest BCUT2D eigenvalue weighted by Crippen LogP contribution is -1.85. The molecule has 0 aliphatic rings. The van der Waals surface area contributed by atoms with Gasteiger partial charge >= 0.3 is 0 Å². The minimum Gasteiger partial charge on any atom is -0.290 e. The Morgan fingerprint density at radius 3 is 2.33 bits per heavy atom. The van der Waals surface area contributed by atoms with Crippen molar-refractivity contribution in [1.29, 1.82) is 0 Å². The topological polar surface area (TPSA) is 17.1 Å². The molecule has 84 valence electrons. The summed E-state index contributed by atoms with van der Waals surface area (Å²) >= 11 is 0. The SMILES string of the molecule is CCC.O=CSSCCc1ccccc1. The average Bonchev–Trinajstić information content (AvgIpc) is 2.27. The number of benzene rings is 1. The van der Waals surface area contributed by atoms with E-state index in [0.29, 0.717) is 0 Å². The van der Waals surface area contributed by atoms with Crippen LogP contribution in [0.5, 0.6) is 0 Å². The molecule has 0 saturated carbocycles. The van der Waals surface area contributed by atoms with Crippen molar-refractivity contribution >= 4 is 27.2 Å². The van der Waals surface area contributed by atoms with Crippen LogP contribution in [-0.2, 0) is 11.2 Å². The predicted molar refractivity (Wildman–Crippen MR) is 72.9 cm³/mol. The maximum absolute atomic E-state index is 9.96. The molecule has 1 aromatic rings. The van der Waals surface area contributed by atoms with Gasteiger partial charge in [0.25, 0.3) is 0 Å². The highest BCUT2D eigenvalue weighted by Crippen LogP contribution is 2.18. The summed E-state index contributed by atoms with van der Waals surface area (Å²) < 4.78 is 0. The Balaban J connectivity index is 0.000000583. The first-order chi connectivity index (χ1) is 7.35. The highest BCUT2D eigenvalue weighted by atomic mass is 33.1. The summed E-state index contributed by atoms with van der Waals surface area (Å²) in [5, 5.41) is 0. The summed E-state index contributed by atoms with van der Waals surface area (Å²) in [4.78, 5) is 9.96. The molecule has 0 N–H and O–H groups in total. The predicted octanol–water partition coefficient (Wildman–Crippen LogP) is 4.22. The van der Waals surface area contributed by atoms with Crippen LogP contribution in [-0.4, -0.2) is 11.4 Å². The molecule has 0 fully saturated rings. The van der Waals surface area contributed by atoms with Crippen LogP contribution in [0.2, 0.25) is 0 Å². The van der Waals surface area contributed by atoms with Gasteiger partial charge in [-0.3, -0.25) is 4.79 Å². The molecule has 1 nitrogen and oxygen atoms in total. The Morgan fingerprint density at radius 2 is 1.80 bits per heavy atom. The molecule has 0 aromatic heterocycles. The van der Waals surface area contributed by atoms with Crippen molar-refractivity contribution in [1.82, 2.24) is 0 Å². The van der Waals surface area contributed by atoms with Crippen molar-refractivity contribution in [3.8, 4) is 0 Å². The number of hydrogen-bond donors (Lipinski definition) is 0. The third kappa shape index (κ3) is 9.88. The molecular weight excluding hydrogens is 224 g/mol. The Hall–Kier alpha value is -0.410. The minimum absolute atomic E-state index is 0.871. The van der Waals surface area contributed by atoms with Crippen LogP contribution >= 0.6 is 21.6 Å². The van der Waals surface area contributed by atoms with Crippen LogP contribution in [0.25, 0.3) is 0 Å². The van der Waals surface area contributed by atoms with E-state index in [9.17, 15) is 4.79 Å². The molecule has 0 amide bonds. The Labute approximate surface area is 100 Å². The van der Waals surface area contributed by atoms with E-state index >= 15 is 0 Å². The molecular formula is C12H18OS2. The average molecular weight is 242 g/mol. The molecule has 3 heteroatoms. The van der Waals surface area contributed by atoms with Gasteiger partial charge in [0.15, 0.2) is 5.62 Å². The molecule has 0 bridgehead atoms. The van der Waals surface area contributed by atoms with Gasteiger partial charge in [-0.2, -0.15) is 0 Å². The van der Waals surface area contributed by atoms with Gasteiger partial charge in [-0.15, -0.1) is 0 Å². The third-order valence-electron chi connectivity index (χ3n) is 1.42. The fourth-order valence-corrected chi connectivity index (χ4v) is 2.06. The number of aryl methyl sites for hydroxylation is 1. The molecule has 0 spiro atoms.